The third kappa shape index (κ3) is 21.3. The van der Waals surface area contributed by atoms with Gasteiger partial charge < -0.3 is 9.47 Å². The summed E-state index contributed by atoms with van der Waals surface area (Å²) in [4.78, 5) is 11.5. The Balaban J connectivity index is 3.13. The Morgan fingerprint density at radius 2 is 0.731 bits per heavy atom. The molecule has 0 fully saturated rings. The van der Waals surface area contributed by atoms with Crippen molar-refractivity contribution in [2.75, 3.05) is 13.2 Å². The van der Waals surface area contributed by atoms with Crippen molar-refractivity contribution in [2.24, 2.45) is 0 Å². The third-order valence-electron chi connectivity index (χ3n) is 4.94. The zero-order chi connectivity index (χ0) is 19.1. The second kappa shape index (κ2) is 22.3. The lowest BCUT2D eigenvalue weighted by Gasteiger charge is -2.06. The molecule has 26 heavy (non-hydrogen) atoms. The monoisotopic (exact) mass is 370 g/mol. The highest BCUT2D eigenvalue weighted by Crippen LogP contribution is 2.11. The van der Waals surface area contributed by atoms with Crippen LogP contribution in [0.4, 0.5) is 4.79 Å². The van der Waals surface area contributed by atoms with Gasteiger partial charge in [0.05, 0.1) is 13.2 Å². The molecule has 3 heteroatoms. The van der Waals surface area contributed by atoms with E-state index < -0.39 is 6.16 Å². The van der Waals surface area contributed by atoms with Crippen LogP contribution >= 0.6 is 0 Å². The zero-order valence-electron chi connectivity index (χ0n) is 17.9. The molecule has 0 saturated carbocycles. The number of carbonyl (C=O) groups is 1. The molecular formula is C23H46O3. The number of carbonyl (C=O) groups excluding carboxylic acids is 1. The predicted molar refractivity (Wildman–Crippen MR) is 112 cm³/mol. The van der Waals surface area contributed by atoms with Gasteiger partial charge in [-0.3, -0.25) is 0 Å². The average Bonchev–Trinajstić information content (AvgIpc) is 2.65. The predicted octanol–water partition coefficient (Wildman–Crippen LogP) is 8.20. The van der Waals surface area contributed by atoms with Crippen LogP contribution in [-0.2, 0) is 9.47 Å². The molecule has 0 N–H and O–H groups in total. The largest absolute Gasteiger partial charge is 0.508 e. The van der Waals surface area contributed by atoms with Crippen molar-refractivity contribution in [3.8, 4) is 0 Å². The van der Waals surface area contributed by atoms with Crippen molar-refractivity contribution in [1.29, 1.82) is 0 Å². The number of unbranched alkanes of at least 4 members (excludes halogenated alkanes) is 16. The molecule has 0 saturated heterocycles. The summed E-state index contributed by atoms with van der Waals surface area (Å²) in [5.74, 6) is 0. The van der Waals surface area contributed by atoms with E-state index in [1.165, 1.54) is 89.9 Å². The molecular weight excluding hydrogens is 324 g/mol. The molecule has 0 heterocycles. The van der Waals surface area contributed by atoms with Gasteiger partial charge in [-0.25, -0.2) is 4.79 Å². The normalized spacial score (nSPS) is 10.8. The maximum atomic E-state index is 11.5. The van der Waals surface area contributed by atoms with Gasteiger partial charge >= 0.3 is 6.16 Å². The van der Waals surface area contributed by atoms with Crippen molar-refractivity contribution >= 4 is 6.16 Å². The molecule has 0 aromatic carbocycles. The van der Waals surface area contributed by atoms with Gasteiger partial charge in [0.1, 0.15) is 0 Å². The van der Waals surface area contributed by atoms with Crippen molar-refractivity contribution in [1.82, 2.24) is 0 Å². The second-order valence-electron chi connectivity index (χ2n) is 7.60. The Morgan fingerprint density at radius 3 is 1.04 bits per heavy atom. The van der Waals surface area contributed by atoms with Crippen LogP contribution < -0.4 is 0 Å². The van der Waals surface area contributed by atoms with Crippen LogP contribution in [0.3, 0.4) is 0 Å². The minimum atomic E-state index is -0.483. The number of hydrogen-bond donors (Lipinski definition) is 0. The first-order chi connectivity index (χ1) is 12.8. The van der Waals surface area contributed by atoms with Crippen molar-refractivity contribution in [3.05, 3.63) is 0 Å². The fourth-order valence-electron chi connectivity index (χ4n) is 3.18. The van der Waals surface area contributed by atoms with Crippen molar-refractivity contribution in [3.63, 3.8) is 0 Å². The van der Waals surface area contributed by atoms with Gasteiger partial charge in [-0.05, 0) is 12.8 Å². The number of hydrogen-bond acceptors (Lipinski definition) is 3. The summed E-state index contributed by atoms with van der Waals surface area (Å²) in [6.45, 7) is 5.51. The average molecular weight is 371 g/mol. The van der Waals surface area contributed by atoms with Crippen LogP contribution in [0.25, 0.3) is 0 Å². The van der Waals surface area contributed by atoms with E-state index in [0.29, 0.717) is 13.2 Å². The number of rotatable bonds is 20. The van der Waals surface area contributed by atoms with E-state index in [4.69, 9.17) is 9.47 Å². The quantitative estimate of drug-likeness (QED) is 0.160. The molecule has 3 nitrogen and oxygen atoms in total. The first-order valence-corrected chi connectivity index (χ1v) is 11.6. The van der Waals surface area contributed by atoms with Crippen LogP contribution in [0.2, 0.25) is 0 Å². The fraction of sp³-hybridized carbons (Fsp3) is 0.957. The van der Waals surface area contributed by atoms with Crippen LogP contribution in [0.5, 0.6) is 0 Å². The number of ether oxygens (including phenoxy) is 2. The Morgan fingerprint density at radius 1 is 0.462 bits per heavy atom. The molecule has 0 rings (SSSR count). The Labute approximate surface area is 163 Å². The van der Waals surface area contributed by atoms with Crippen LogP contribution in [-0.4, -0.2) is 19.4 Å². The highest BCUT2D eigenvalue weighted by atomic mass is 16.7. The molecule has 0 unspecified atom stereocenters. The molecule has 0 atom stereocenters. The van der Waals surface area contributed by atoms with Crippen LogP contribution in [0.15, 0.2) is 0 Å². The van der Waals surface area contributed by atoms with Gasteiger partial charge in [0.15, 0.2) is 0 Å². The van der Waals surface area contributed by atoms with E-state index in [9.17, 15) is 4.79 Å². The first-order valence-electron chi connectivity index (χ1n) is 11.6. The summed E-state index contributed by atoms with van der Waals surface area (Å²) in [5, 5.41) is 0. The zero-order valence-corrected chi connectivity index (χ0v) is 17.9. The van der Waals surface area contributed by atoms with Gasteiger partial charge in [0.25, 0.3) is 0 Å². The fourth-order valence-corrected chi connectivity index (χ4v) is 3.18. The van der Waals surface area contributed by atoms with Crippen LogP contribution in [0.1, 0.15) is 129 Å². The molecule has 0 aliphatic carbocycles. The SMILES string of the molecule is CCCCCCCCCCCCCOC(=O)OCCCCCCCCC. The molecule has 0 aromatic rings. The van der Waals surface area contributed by atoms with Crippen molar-refractivity contribution < 1.29 is 14.3 Å². The maximum Gasteiger partial charge on any atom is 0.508 e. The van der Waals surface area contributed by atoms with Gasteiger partial charge in [-0.2, -0.15) is 0 Å². The van der Waals surface area contributed by atoms with E-state index in [1.54, 1.807) is 0 Å². The molecule has 0 amide bonds. The van der Waals surface area contributed by atoms with Gasteiger partial charge in [-0.15, -0.1) is 0 Å². The van der Waals surface area contributed by atoms with Crippen molar-refractivity contribution in [2.45, 2.75) is 129 Å². The van der Waals surface area contributed by atoms with Gasteiger partial charge in [0, 0.05) is 0 Å². The lowest BCUT2D eigenvalue weighted by atomic mass is 10.1. The summed E-state index contributed by atoms with van der Waals surface area (Å²) in [7, 11) is 0. The summed E-state index contributed by atoms with van der Waals surface area (Å²) in [5.41, 5.74) is 0. The van der Waals surface area contributed by atoms with Gasteiger partial charge in [0.2, 0.25) is 0 Å². The molecule has 0 radical (unpaired) electrons. The molecule has 0 aliphatic heterocycles. The molecule has 0 aliphatic rings. The molecule has 156 valence electrons. The smallest absolute Gasteiger partial charge is 0.434 e. The topological polar surface area (TPSA) is 35.5 Å². The minimum absolute atomic E-state index is 0.483. The highest BCUT2D eigenvalue weighted by molar-refractivity contribution is 5.59. The van der Waals surface area contributed by atoms with E-state index in [1.807, 2.05) is 0 Å². The molecule has 0 bridgehead atoms. The third-order valence-corrected chi connectivity index (χ3v) is 4.94. The first kappa shape index (κ1) is 25.3. The lowest BCUT2D eigenvalue weighted by molar-refractivity contribution is 0.0529. The molecule has 0 spiro atoms. The van der Waals surface area contributed by atoms with Gasteiger partial charge in [-0.1, -0.05) is 117 Å². The second-order valence-corrected chi connectivity index (χ2v) is 7.60. The summed E-state index contributed by atoms with van der Waals surface area (Å²) in [6.07, 6.45) is 22.5. The lowest BCUT2D eigenvalue weighted by Crippen LogP contribution is -2.09. The van der Waals surface area contributed by atoms with Crippen LogP contribution in [0, 0.1) is 0 Å². The Bertz CT molecular complexity index is 279. The van der Waals surface area contributed by atoms with E-state index in [2.05, 4.69) is 13.8 Å². The standard InChI is InChI=1S/C23H46O3/c1-3-5-7-9-11-12-13-14-16-18-20-22-26-23(24)25-21-19-17-15-10-8-6-4-2/h3-22H2,1-2H3. The summed E-state index contributed by atoms with van der Waals surface area (Å²) >= 11 is 0. The van der Waals surface area contributed by atoms with E-state index in [0.717, 1.165) is 25.7 Å². The highest BCUT2D eigenvalue weighted by Gasteiger charge is 2.03. The van der Waals surface area contributed by atoms with E-state index >= 15 is 0 Å². The minimum Gasteiger partial charge on any atom is -0.434 e. The Hall–Kier alpha value is -0.730. The summed E-state index contributed by atoms with van der Waals surface area (Å²) in [6, 6.07) is 0. The Kier molecular flexibility index (Phi) is 21.7. The van der Waals surface area contributed by atoms with E-state index in [-0.39, 0.29) is 0 Å². The maximum absolute atomic E-state index is 11.5. The molecule has 0 aromatic heterocycles. The summed E-state index contributed by atoms with van der Waals surface area (Å²) < 4.78 is 10.2.